The van der Waals surface area contributed by atoms with E-state index < -0.39 is 5.54 Å². The monoisotopic (exact) mass is 401 g/mol. The van der Waals surface area contributed by atoms with Crippen molar-refractivity contribution in [1.29, 1.82) is 0 Å². The van der Waals surface area contributed by atoms with E-state index >= 15 is 0 Å². The summed E-state index contributed by atoms with van der Waals surface area (Å²) in [7, 11) is 0. The van der Waals surface area contributed by atoms with Crippen LogP contribution in [-0.4, -0.2) is 35.9 Å². The molecule has 0 unspecified atom stereocenters. The summed E-state index contributed by atoms with van der Waals surface area (Å²) in [5.74, 6) is -0.320. The SMILES string of the molecule is CCOCON1C(=O)C(c2c(C)cc(C)cc2C)=C(OC(=O)C2CCC2)C1(C)C. The Kier molecular flexibility index (Phi) is 6.15. The summed E-state index contributed by atoms with van der Waals surface area (Å²) < 4.78 is 11.2. The van der Waals surface area contributed by atoms with E-state index in [1.807, 2.05) is 53.7 Å². The number of carbonyl (C=O) groups excluding carboxylic acids is 2. The minimum absolute atomic E-state index is 0.0470. The Hall–Kier alpha value is -2.18. The molecule has 1 saturated carbocycles. The van der Waals surface area contributed by atoms with E-state index in [2.05, 4.69) is 0 Å². The van der Waals surface area contributed by atoms with Crippen molar-refractivity contribution in [2.45, 2.75) is 66.3 Å². The van der Waals surface area contributed by atoms with Crippen LogP contribution in [0.5, 0.6) is 0 Å². The van der Waals surface area contributed by atoms with Gasteiger partial charge < -0.3 is 9.47 Å². The zero-order valence-electron chi connectivity index (χ0n) is 18.3. The molecule has 0 radical (unpaired) electrons. The molecular weight excluding hydrogens is 370 g/mol. The van der Waals surface area contributed by atoms with Crippen molar-refractivity contribution in [3.63, 3.8) is 0 Å². The molecule has 3 rings (SSSR count). The number of hydrogen-bond donors (Lipinski definition) is 0. The van der Waals surface area contributed by atoms with E-state index in [0.717, 1.165) is 41.5 Å². The zero-order chi connectivity index (χ0) is 21.3. The van der Waals surface area contributed by atoms with Gasteiger partial charge in [0.2, 0.25) is 0 Å². The summed E-state index contributed by atoms with van der Waals surface area (Å²) in [6.07, 6.45) is 2.71. The predicted molar refractivity (Wildman–Crippen MR) is 110 cm³/mol. The zero-order valence-corrected chi connectivity index (χ0v) is 18.3. The van der Waals surface area contributed by atoms with E-state index in [1.165, 1.54) is 5.06 Å². The van der Waals surface area contributed by atoms with Gasteiger partial charge in [-0.15, -0.1) is 0 Å². The Morgan fingerprint density at radius 1 is 1.17 bits per heavy atom. The molecule has 0 N–H and O–H groups in total. The number of carbonyl (C=O) groups is 2. The van der Waals surface area contributed by atoms with Crippen LogP contribution >= 0.6 is 0 Å². The molecule has 0 aromatic heterocycles. The largest absolute Gasteiger partial charge is 0.427 e. The maximum atomic E-state index is 13.4. The number of benzene rings is 1. The highest BCUT2D eigenvalue weighted by Crippen LogP contribution is 2.44. The highest BCUT2D eigenvalue weighted by atomic mass is 16.8. The molecule has 0 saturated heterocycles. The lowest BCUT2D eigenvalue weighted by atomic mass is 9.85. The van der Waals surface area contributed by atoms with Gasteiger partial charge in [-0.3, -0.25) is 9.59 Å². The first kappa shape index (κ1) is 21.5. The quantitative estimate of drug-likeness (QED) is 0.389. The highest BCUT2D eigenvalue weighted by molar-refractivity contribution is 6.23. The van der Waals surface area contributed by atoms with Crippen LogP contribution in [0.3, 0.4) is 0 Å². The van der Waals surface area contributed by atoms with Crippen LogP contribution in [0, 0.1) is 26.7 Å². The number of rotatable bonds is 7. The number of ether oxygens (including phenoxy) is 2. The Morgan fingerprint density at radius 3 is 2.31 bits per heavy atom. The van der Waals surface area contributed by atoms with Crippen molar-refractivity contribution in [1.82, 2.24) is 5.06 Å². The molecule has 1 aromatic rings. The van der Waals surface area contributed by atoms with Crippen LogP contribution in [0.4, 0.5) is 0 Å². The summed E-state index contributed by atoms with van der Waals surface area (Å²) >= 11 is 0. The summed E-state index contributed by atoms with van der Waals surface area (Å²) in [6.45, 7) is 11.9. The third-order valence-electron chi connectivity index (χ3n) is 5.73. The molecule has 0 bridgehead atoms. The lowest BCUT2D eigenvalue weighted by Crippen LogP contribution is -2.45. The topological polar surface area (TPSA) is 65.1 Å². The van der Waals surface area contributed by atoms with Crippen LogP contribution in [0.15, 0.2) is 17.9 Å². The van der Waals surface area contributed by atoms with Crippen LogP contribution < -0.4 is 0 Å². The highest BCUT2D eigenvalue weighted by Gasteiger charge is 2.50. The van der Waals surface area contributed by atoms with Gasteiger partial charge in [0.1, 0.15) is 11.3 Å². The van der Waals surface area contributed by atoms with E-state index in [0.29, 0.717) is 17.9 Å². The average molecular weight is 402 g/mol. The maximum absolute atomic E-state index is 13.4. The van der Waals surface area contributed by atoms with Gasteiger partial charge >= 0.3 is 5.97 Å². The number of aryl methyl sites for hydroxylation is 3. The van der Waals surface area contributed by atoms with Gasteiger partial charge in [-0.1, -0.05) is 24.1 Å². The molecule has 158 valence electrons. The van der Waals surface area contributed by atoms with Gasteiger partial charge in [0.05, 0.1) is 11.5 Å². The molecule has 6 heteroatoms. The first-order valence-corrected chi connectivity index (χ1v) is 10.3. The molecular formula is C23H31NO5. The van der Waals surface area contributed by atoms with Crippen molar-refractivity contribution < 1.29 is 23.9 Å². The van der Waals surface area contributed by atoms with Crippen molar-refractivity contribution in [3.05, 3.63) is 40.1 Å². The number of esters is 1. The number of hydrogen-bond acceptors (Lipinski definition) is 5. The van der Waals surface area contributed by atoms with Crippen molar-refractivity contribution in [3.8, 4) is 0 Å². The lowest BCUT2D eigenvalue weighted by Gasteiger charge is -2.32. The smallest absolute Gasteiger partial charge is 0.314 e. The normalized spacial score (nSPS) is 19.0. The number of amides is 1. The minimum Gasteiger partial charge on any atom is -0.427 e. The van der Waals surface area contributed by atoms with Gasteiger partial charge in [0, 0.05) is 6.61 Å². The van der Waals surface area contributed by atoms with Crippen LogP contribution in [0.25, 0.3) is 5.57 Å². The fourth-order valence-corrected chi connectivity index (χ4v) is 4.04. The van der Waals surface area contributed by atoms with Gasteiger partial charge in [0.25, 0.3) is 5.91 Å². The molecule has 1 fully saturated rings. The molecule has 2 aliphatic rings. The minimum atomic E-state index is -0.938. The Morgan fingerprint density at radius 2 is 1.79 bits per heavy atom. The second-order valence-electron chi connectivity index (χ2n) is 8.43. The summed E-state index contributed by atoms with van der Waals surface area (Å²) in [5.41, 5.74) is 3.30. The molecule has 1 heterocycles. The molecule has 0 spiro atoms. The summed E-state index contributed by atoms with van der Waals surface area (Å²) in [6, 6.07) is 4.06. The van der Waals surface area contributed by atoms with Gasteiger partial charge in [0.15, 0.2) is 6.79 Å². The van der Waals surface area contributed by atoms with Crippen molar-refractivity contribution in [2.24, 2.45) is 5.92 Å². The molecule has 29 heavy (non-hydrogen) atoms. The van der Waals surface area contributed by atoms with Crippen LogP contribution in [0.2, 0.25) is 0 Å². The predicted octanol–water partition coefficient (Wildman–Crippen LogP) is 4.21. The van der Waals surface area contributed by atoms with Crippen molar-refractivity contribution >= 4 is 17.4 Å². The Bertz CT molecular complexity index is 828. The van der Waals surface area contributed by atoms with Crippen molar-refractivity contribution in [2.75, 3.05) is 13.4 Å². The third kappa shape index (κ3) is 3.96. The molecule has 1 aliphatic carbocycles. The van der Waals surface area contributed by atoms with Crippen LogP contribution in [0.1, 0.15) is 62.3 Å². The van der Waals surface area contributed by atoms with E-state index in [4.69, 9.17) is 14.3 Å². The first-order chi connectivity index (χ1) is 13.7. The molecule has 1 amide bonds. The van der Waals surface area contributed by atoms with Gasteiger partial charge in [-0.25, -0.2) is 9.90 Å². The second kappa shape index (κ2) is 8.28. The lowest BCUT2D eigenvalue weighted by molar-refractivity contribution is -0.243. The fraction of sp³-hybridized carbons (Fsp3) is 0.565. The second-order valence-corrected chi connectivity index (χ2v) is 8.43. The fourth-order valence-electron chi connectivity index (χ4n) is 4.04. The van der Waals surface area contributed by atoms with Gasteiger partial charge in [-0.05, 0) is 71.1 Å². The van der Waals surface area contributed by atoms with E-state index in [-0.39, 0.29) is 24.6 Å². The summed E-state index contributed by atoms with van der Waals surface area (Å²) in [4.78, 5) is 31.8. The molecule has 6 nitrogen and oxygen atoms in total. The molecule has 0 atom stereocenters. The maximum Gasteiger partial charge on any atom is 0.314 e. The van der Waals surface area contributed by atoms with Crippen LogP contribution in [-0.2, 0) is 23.9 Å². The third-order valence-corrected chi connectivity index (χ3v) is 5.73. The first-order valence-electron chi connectivity index (χ1n) is 10.3. The van der Waals surface area contributed by atoms with E-state index in [9.17, 15) is 9.59 Å². The standard InChI is InChI=1S/C23H31NO5/c1-7-27-13-28-24-21(25)19(18-15(3)11-14(2)12-16(18)4)20(23(24,5)6)29-22(26)17-9-8-10-17/h11-12,17H,7-10,13H2,1-6H3. The molecule has 1 aromatic carbocycles. The van der Waals surface area contributed by atoms with E-state index in [1.54, 1.807) is 0 Å². The Balaban J connectivity index is 2.08. The average Bonchev–Trinajstić information content (AvgIpc) is 2.74. The number of nitrogens with zero attached hydrogens (tertiary/aromatic N) is 1. The summed E-state index contributed by atoms with van der Waals surface area (Å²) in [5, 5.41) is 1.28. The number of hydroxylamine groups is 2. The van der Waals surface area contributed by atoms with Gasteiger partial charge in [-0.2, -0.15) is 0 Å². The molecule has 1 aliphatic heterocycles. The Labute approximate surface area is 172 Å².